The van der Waals surface area contributed by atoms with Gasteiger partial charge in [-0.3, -0.25) is 0 Å². The Morgan fingerprint density at radius 2 is 2.11 bits per heavy atom. The minimum Gasteiger partial charge on any atom is -0.481 e. The Hall–Kier alpha value is -1.59. The summed E-state index contributed by atoms with van der Waals surface area (Å²) >= 11 is 3.51. The number of quaternary nitrogens is 1. The van der Waals surface area contributed by atoms with Gasteiger partial charge in [-0.1, -0.05) is 18.2 Å². The van der Waals surface area contributed by atoms with Gasteiger partial charge >= 0.3 is 5.97 Å². The molecule has 0 unspecified atom stereocenters. The van der Waals surface area contributed by atoms with Gasteiger partial charge in [-0.15, -0.1) is 0 Å². The number of halogens is 1. The van der Waals surface area contributed by atoms with Gasteiger partial charge in [0.15, 0.2) is 6.61 Å². The van der Waals surface area contributed by atoms with E-state index in [4.69, 9.17) is 4.74 Å². The Labute approximate surface area is 119 Å². The van der Waals surface area contributed by atoms with E-state index in [0.717, 1.165) is 21.8 Å². The lowest BCUT2D eigenvalue weighted by molar-refractivity contribution is -0.386. The third-order valence-electron chi connectivity index (χ3n) is 2.84. The molecule has 0 aliphatic carbocycles. The average Bonchev–Trinajstić information content (AvgIpc) is 2.45. The first-order valence-corrected chi connectivity index (χ1v) is 6.65. The lowest BCUT2D eigenvalue weighted by Crippen LogP contribution is -2.47. The first-order chi connectivity index (χ1) is 9.15. The number of rotatable bonds is 4. The van der Waals surface area contributed by atoms with Crippen molar-refractivity contribution in [1.29, 1.82) is 0 Å². The Morgan fingerprint density at radius 3 is 2.79 bits per heavy atom. The van der Waals surface area contributed by atoms with Gasteiger partial charge in [0.05, 0.1) is 18.1 Å². The lowest BCUT2D eigenvalue weighted by atomic mass is 10.1. The molecule has 3 N–H and O–H groups in total. The molecule has 0 atom stereocenters. The van der Waals surface area contributed by atoms with Crippen molar-refractivity contribution < 1.29 is 20.0 Å². The van der Waals surface area contributed by atoms with Crippen molar-refractivity contribution in [2.24, 2.45) is 0 Å². The summed E-state index contributed by atoms with van der Waals surface area (Å²) in [6, 6.07) is 9.94. The molecule has 0 amide bonds. The van der Waals surface area contributed by atoms with E-state index in [2.05, 4.69) is 32.5 Å². The molecule has 100 valence electrons. The van der Waals surface area contributed by atoms with Crippen LogP contribution < -0.4 is 10.5 Å². The van der Waals surface area contributed by atoms with Crippen LogP contribution in [0.15, 0.2) is 34.8 Å². The standard InChI is InChI=1S/C14H14BrNO3/c1-18-13(17)8-19-12-5-3-10-6-9(7-16)2-4-11(10)14(12)15/h2-6H,7-8,16H2,1H3/p+1. The fourth-order valence-corrected chi connectivity index (χ4v) is 2.39. The molecule has 0 bridgehead atoms. The Morgan fingerprint density at radius 1 is 1.32 bits per heavy atom. The predicted molar refractivity (Wildman–Crippen MR) is 75.8 cm³/mol. The average molecular weight is 325 g/mol. The van der Waals surface area contributed by atoms with Crippen LogP contribution in [0.2, 0.25) is 0 Å². The van der Waals surface area contributed by atoms with Crippen LogP contribution in [0.5, 0.6) is 5.75 Å². The maximum atomic E-state index is 11.1. The van der Waals surface area contributed by atoms with Gasteiger partial charge in [-0.05, 0) is 38.8 Å². The Bertz CT molecular complexity index is 613. The highest BCUT2D eigenvalue weighted by atomic mass is 79.9. The maximum absolute atomic E-state index is 11.1. The van der Waals surface area contributed by atoms with Crippen molar-refractivity contribution in [2.75, 3.05) is 13.7 Å². The first kappa shape index (κ1) is 13.8. The summed E-state index contributed by atoms with van der Waals surface area (Å²) in [5, 5.41) is 2.15. The van der Waals surface area contributed by atoms with E-state index in [-0.39, 0.29) is 6.61 Å². The van der Waals surface area contributed by atoms with Gasteiger partial charge in [0.25, 0.3) is 0 Å². The molecule has 2 aromatic rings. The molecular weight excluding hydrogens is 310 g/mol. The zero-order chi connectivity index (χ0) is 13.8. The van der Waals surface area contributed by atoms with Crippen molar-refractivity contribution in [3.8, 4) is 5.75 Å². The van der Waals surface area contributed by atoms with Gasteiger partial charge in [-0.25, -0.2) is 4.79 Å². The molecule has 0 spiro atoms. The number of ether oxygens (including phenoxy) is 2. The minimum absolute atomic E-state index is 0.0996. The zero-order valence-corrected chi connectivity index (χ0v) is 12.2. The monoisotopic (exact) mass is 324 g/mol. The first-order valence-electron chi connectivity index (χ1n) is 5.85. The summed E-state index contributed by atoms with van der Waals surface area (Å²) in [6.07, 6.45) is 0. The summed E-state index contributed by atoms with van der Waals surface area (Å²) in [7, 11) is 1.33. The van der Waals surface area contributed by atoms with E-state index in [1.54, 1.807) is 0 Å². The van der Waals surface area contributed by atoms with Crippen LogP contribution in [0, 0.1) is 0 Å². The quantitative estimate of drug-likeness (QED) is 0.873. The van der Waals surface area contributed by atoms with Gasteiger partial charge < -0.3 is 15.2 Å². The summed E-state index contributed by atoms with van der Waals surface area (Å²) in [4.78, 5) is 11.1. The number of methoxy groups -OCH3 is 1. The molecule has 0 fully saturated rings. The third kappa shape index (κ3) is 3.05. The van der Waals surface area contributed by atoms with E-state index in [1.165, 1.54) is 12.7 Å². The van der Waals surface area contributed by atoms with Gasteiger partial charge in [0, 0.05) is 5.56 Å². The van der Waals surface area contributed by atoms with Crippen LogP contribution in [-0.2, 0) is 16.1 Å². The molecule has 2 aromatic carbocycles. The number of hydrogen-bond donors (Lipinski definition) is 1. The van der Waals surface area contributed by atoms with E-state index in [0.29, 0.717) is 5.75 Å². The molecule has 5 heteroatoms. The van der Waals surface area contributed by atoms with Crippen molar-refractivity contribution in [2.45, 2.75) is 6.54 Å². The molecule has 4 nitrogen and oxygen atoms in total. The van der Waals surface area contributed by atoms with Crippen molar-refractivity contribution in [1.82, 2.24) is 0 Å². The van der Waals surface area contributed by atoms with Crippen LogP contribution in [0.4, 0.5) is 0 Å². The topological polar surface area (TPSA) is 63.2 Å². The smallest absolute Gasteiger partial charge is 0.343 e. The largest absolute Gasteiger partial charge is 0.481 e. The van der Waals surface area contributed by atoms with E-state index in [9.17, 15) is 4.79 Å². The SMILES string of the molecule is COC(=O)COc1ccc2cc(C[NH3+])ccc2c1Br. The van der Waals surface area contributed by atoms with Crippen LogP contribution >= 0.6 is 15.9 Å². The van der Waals surface area contributed by atoms with Crippen LogP contribution in [0.3, 0.4) is 0 Å². The summed E-state index contributed by atoms with van der Waals surface area (Å²) in [5.41, 5.74) is 5.06. The van der Waals surface area contributed by atoms with Crippen molar-refractivity contribution >= 4 is 32.7 Å². The molecule has 19 heavy (non-hydrogen) atoms. The van der Waals surface area contributed by atoms with Crippen molar-refractivity contribution in [3.63, 3.8) is 0 Å². The highest BCUT2D eigenvalue weighted by molar-refractivity contribution is 9.10. The third-order valence-corrected chi connectivity index (χ3v) is 3.66. The number of fused-ring (bicyclic) bond motifs is 1. The van der Waals surface area contributed by atoms with E-state index < -0.39 is 5.97 Å². The lowest BCUT2D eigenvalue weighted by Gasteiger charge is -2.10. The van der Waals surface area contributed by atoms with Crippen LogP contribution in [0.1, 0.15) is 5.56 Å². The summed E-state index contributed by atoms with van der Waals surface area (Å²) in [5.74, 6) is 0.222. The van der Waals surface area contributed by atoms with E-state index in [1.807, 2.05) is 24.3 Å². The van der Waals surface area contributed by atoms with Crippen LogP contribution in [0.25, 0.3) is 10.8 Å². The molecule has 0 aliphatic rings. The molecule has 0 aromatic heterocycles. The maximum Gasteiger partial charge on any atom is 0.343 e. The number of esters is 1. The zero-order valence-electron chi connectivity index (χ0n) is 10.6. The van der Waals surface area contributed by atoms with Gasteiger partial charge in [0.1, 0.15) is 5.75 Å². The number of carbonyl (C=O) groups is 1. The molecular formula is C14H15BrNO3+. The molecule has 0 saturated carbocycles. The highest BCUT2D eigenvalue weighted by Crippen LogP contribution is 2.33. The molecule has 0 saturated heterocycles. The Kier molecular flexibility index (Phi) is 4.39. The summed E-state index contributed by atoms with van der Waals surface area (Å²) < 4.78 is 10.8. The van der Waals surface area contributed by atoms with Crippen LogP contribution in [-0.4, -0.2) is 19.7 Å². The highest BCUT2D eigenvalue weighted by Gasteiger charge is 2.09. The van der Waals surface area contributed by atoms with Gasteiger partial charge in [0.2, 0.25) is 0 Å². The minimum atomic E-state index is -0.403. The van der Waals surface area contributed by atoms with E-state index >= 15 is 0 Å². The second-order valence-corrected chi connectivity index (χ2v) is 4.84. The predicted octanol–water partition coefficient (Wildman–Crippen LogP) is 1.90. The number of benzene rings is 2. The summed E-state index contributed by atoms with van der Waals surface area (Å²) in [6.45, 7) is 0.658. The second kappa shape index (κ2) is 6.04. The fraction of sp³-hybridized carbons (Fsp3) is 0.214. The second-order valence-electron chi connectivity index (χ2n) is 4.05. The van der Waals surface area contributed by atoms with Crippen molar-refractivity contribution in [3.05, 3.63) is 40.4 Å². The molecule has 0 aliphatic heterocycles. The fourth-order valence-electron chi connectivity index (χ4n) is 1.78. The normalized spacial score (nSPS) is 10.5. The van der Waals surface area contributed by atoms with Gasteiger partial charge in [-0.2, -0.15) is 0 Å². The number of hydrogen-bond acceptors (Lipinski definition) is 3. The molecule has 0 heterocycles. The Balaban J connectivity index is 2.32. The molecule has 2 rings (SSSR count). The number of carbonyl (C=O) groups excluding carboxylic acids is 1. The molecule has 0 radical (unpaired) electrons.